The maximum atomic E-state index is 12.3. The number of nitriles is 1. The van der Waals surface area contributed by atoms with Crippen molar-refractivity contribution in [2.24, 2.45) is 11.1 Å². The normalized spacial score (nSPS) is 16.5. The van der Waals surface area contributed by atoms with Crippen molar-refractivity contribution in [1.29, 1.82) is 5.26 Å². The van der Waals surface area contributed by atoms with Crippen LogP contribution in [-0.4, -0.2) is 11.9 Å². The van der Waals surface area contributed by atoms with E-state index in [-0.39, 0.29) is 11.3 Å². The molecule has 4 nitrogen and oxygen atoms in total. The summed E-state index contributed by atoms with van der Waals surface area (Å²) in [6, 6.07) is 1.68. The Morgan fingerprint density at radius 3 is 2.62 bits per heavy atom. The zero-order valence-corrected chi connectivity index (χ0v) is 13.8. The standard InChI is InChI=1S/C16H23N3OS/c1-16(2,3)13(18)14(20)19-15-11(9-17)10-7-5-4-6-8-12(10)21-15/h13H,4-8,18H2,1-3H3,(H,19,20). The van der Waals surface area contributed by atoms with Gasteiger partial charge in [0.1, 0.15) is 11.1 Å². The van der Waals surface area contributed by atoms with Crippen LogP contribution in [0.4, 0.5) is 5.00 Å². The van der Waals surface area contributed by atoms with Gasteiger partial charge in [0.15, 0.2) is 0 Å². The summed E-state index contributed by atoms with van der Waals surface area (Å²) in [6.07, 6.45) is 5.44. The van der Waals surface area contributed by atoms with Crippen LogP contribution in [0.15, 0.2) is 0 Å². The maximum Gasteiger partial charge on any atom is 0.242 e. The van der Waals surface area contributed by atoms with Crippen molar-refractivity contribution in [1.82, 2.24) is 0 Å². The number of carbonyl (C=O) groups is 1. The number of hydrogen-bond donors (Lipinski definition) is 2. The Bertz CT molecular complexity index is 578. The largest absolute Gasteiger partial charge is 0.319 e. The van der Waals surface area contributed by atoms with Gasteiger partial charge in [-0.05, 0) is 36.7 Å². The molecule has 0 fully saturated rings. The summed E-state index contributed by atoms with van der Waals surface area (Å²) in [6.45, 7) is 5.81. The van der Waals surface area contributed by atoms with E-state index in [0.717, 1.165) is 31.2 Å². The van der Waals surface area contributed by atoms with Crippen molar-refractivity contribution in [3.8, 4) is 6.07 Å². The second kappa shape index (κ2) is 6.17. The molecule has 1 atom stereocenters. The van der Waals surface area contributed by atoms with Crippen LogP contribution in [-0.2, 0) is 17.6 Å². The van der Waals surface area contributed by atoms with Crippen LogP contribution in [0.3, 0.4) is 0 Å². The molecule has 1 aliphatic rings. The molecule has 1 heterocycles. The number of carbonyl (C=O) groups excluding carboxylic acids is 1. The summed E-state index contributed by atoms with van der Waals surface area (Å²) in [5.41, 5.74) is 7.47. The summed E-state index contributed by atoms with van der Waals surface area (Å²) in [5.74, 6) is -0.213. The highest BCUT2D eigenvalue weighted by molar-refractivity contribution is 7.16. The first-order chi connectivity index (χ1) is 9.84. The first-order valence-electron chi connectivity index (χ1n) is 7.45. The van der Waals surface area contributed by atoms with E-state index in [4.69, 9.17) is 5.73 Å². The van der Waals surface area contributed by atoms with Crippen molar-refractivity contribution in [2.45, 2.75) is 58.9 Å². The van der Waals surface area contributed by atoms with Gasteiger partial charge in [0.25, 0.3) is 0 Å². The Morgan fingerprint density at radius 1 is 1.33 bits per heavy atom. The predicted molar refractivity (Wildman–Crippen MR) is 86.4 cm³/mol. The Kier molecular flexibility index (Phi) is 4.70. The summed E-state index contributed by atoms with van der Waals surface area (Å²) >= 11 is 1.55. The number of fused-ring (bicyclic) bond motifs is 1. The number of nitrogens with one attached hydrogen (secondary N) is 1. The summed E-state index contributed by atoms with van der Waals surface area (Å²) in [4.78, 5) is 13.5. The minimum absolute atomic E-state index is 0.213. The fourth-order valence-electron chi connectivity index (χ4n) is 2.53. The molecule has 0 aromatic carbocycles. The molecular weight excluding hydrogens is 282 g/mol. The van der Waals surface area contributed by atoms with Gasteiger partial charge in [0.2, 0.25) is 5.91 Å². The molecule has 0 bridgehead atoms. The lowest BCUT2D eigenvalue weighted by molar-refractivity contribution is -0.119. The fraction of sp³-hybridized carbons (Fsp3) is 0.625. The molecule has 21 heavy (non-hydrogen) atoms. The van der Waals surface area contributed by atoms with Gasteiger partial charge in [0.05, 0.1) is 11.6 Å². The molecule has 0 radical (unpaired) electrons. The van der Waals surface area contributed by atoms with Crippen LogP contribution in [0, 0.1) is 16.7 Å². The van der Waals surface area contributed by atoms with Gasteiger partial charge in [-0.15, -0.1) is 11.3 Å². The molecule has 114 valence electrons. The van der Waals surface area contributed by atoms with Gasteiger partial charge in [-0.3, -0.25) is 4.79 Å². The number of anilines is 1. The molecule has 0 saturated heterocycles. The molecule has 1 aromatic rings. The van der Waals surface area contributed by atoms with Crippen molar-refractivity contribution in [3.63, 3.8) is 0 Å². The smallest absolute Gasteiger partial charge is 0.242 e. The topological polar surface area (TPSA) is 78.9 Å². The molecule has 5 heteroatoms. The highest BCUT2D eigenvalue weighted by Crippen LogP contribution is 2.37. The summed E-state index contributed by atoms with van der Waals surface area (Å²) in [7, 11) is 0. The fourth-order valence-corrected chi connectivity index (χ4v) is 3.77. The molecule has 0 aliphatic heterocycles. The molecule has 3 N–H and O–H groups in total. The van der Waals surface area contributed by atoms with Crippen LogP contribution in [0.2, 0.25) is 0 Å². The second-order valence-electron chi connectivity index (χ2n) is 6.71. The number of amides is 1. The van der Waals surface area contributed by atoms with Crippen LogP contribution in [0.25, 0.3) is 0 Å². The SMILES string of the molecule is CC(C)(C)C(N)C(=O)Nc1sc2c(c1C#N)CCCCC2. The van der Waals surface area contributed by atoms with Crippen LogP contribution in [0.1, 0.15) is 56.0 Å². The van der Waals surface area contributed by atoms with Gasteiger partial charge >= 0.3 is 0 Å². The Balaban J connectivity index is 2.25. The third kappa shape index (κ3) is 3.45. The number of hydrogen-bond acceptors (Lipinski definition) is 4. The van der Waals surface area contributed by atoms with Gasteiger partial charge in [-0.1, -0.05) is 27.2 Å². The number of nitrogens with two attached hydrogens (primary N) is 1. The Hall–Kier alpha value is -1.38. The van der Waals surface area contributed by atoms with Gasteiger partial charge < -0.3 is 11.1 Å². The highest BCUT2D eigenvalue weighted by atomic mass is 32.1. The van der Waals surface area contributed by atoms with E-state index >= 15 is 0 Å². The van der Waals surface area contributed by atoms with Gasteiger partial charge in [-0.25, -0.2) is 0 Å². The third-order valence-corrected chi connectivity index (χ3v) is 5.19. The van der Waals surface area contributed by atoms with Crippen molar-refractivity contribution in [2.75, 3.05) is 5.32 Å². The molecule has 1 amide bonds. The molecular formula is C16H23N3OS. The first kappa shape index (κ1) is 16.0. The molecule has 0 spiro atoms. The van der Waals surface area contributed by atoms with E-state index in [1.807, 2.05) is 20.8 Å². The van der Waals surface area contributed by atoms with Crippen molar-refractivity contribution in [3.05, 3.63) is 16.0 Å². The van der Waals surface area contributed by atoms with Crippen LogP contribution >= 0.6 is 11.3 Å². The van der Waals surface area contributed by atoms with E-state index in [1.165, 1.54) is 11.3 Å². The molecule has 1 unspecified atom stereocenters. The Labute approximate surface area is 130 Å². The average molecular weight is 305 g/mol. The molecule has 0 saturated carbocycles. The second-order valence-corrected chi connectivity index (χ2v) is 7.82. The number of nitrogens with zero attached hydrogens (tertiary/aromatic N) is 1. The van der Waals surface area contributed by atoms with E-state index in [9.17, 15) is 10.1 Å². The molecule has 1 aromatic heterocycles. The summed E-state index contributed by atoms with van der Waals surface area (Å²) in [5, 5.41) is 13.0. The zero-order chi connectivity index (χ0) is 15.6. The highest BCUT2D eigenvalue weighted by Gasteiger charge is 2.29. The lowest BCUT2D eigenvalue weighted by Gasteiger charge is -2.25. The van der Waals surface area contributed by atoms with Gasteiger partial charge in [-0.2, -0.15) is 5.26 Å². The van der Waals surface area contributed by atoms with E-state index in [1.54, 1.807) is 11.3 Å². The molecule has 1 aliphatic carbocycles. The van der Waals surface area contributed by atoms with E-state index < -0.39 is 6.04 Å². The minimum atomic E-state index is -0.592. The lowest BCUT2D eigenvalue weighted by Crippen LogP contribution is -2.45. The maximum absolute atomic E-state index is 12.3. The van der Waals surface area contributed by atoms with Crippen LogP contribution in [0.5, 0.6) is 0 Å². The van der Waals surface area contributed by atoms with E-state index in [2.05, 4.69) is 11.4 Å². The Morgan fingerprint density at radius 2 is 2.00 bits per heavy atom. The minimum Gasteiger partial charge on any atom is -0.319 e. The van der Waals surface area contributed by atoms with E-state index in [0.29, 0.717) is 10.6 Å². The monoisotopic (exact) mass is 305 g/mol. The van der Waals surface area contributed by atoms with Crippen LogP contribution < -0.4 is 11.1 Å². The third-order valence-electron chi connectivity index (χ3n) is 3.99. The number of aryl methyl sites for hydroxylation is 1. The zero-order valence-electron chi connectivity index (χ0n) is 13.0. The molecule has 2 rings (SSSR count). The summed E-state index contributed by atoms with van der Waals surface area (Å²) < 4.78 is 0. The quantitative estimate of drug-likeness (QED) is 0.823. The van der Waals surface area contributed by atoms with Gasteiger partial charge in [0, 0.05) is 4.88 Å². The number of rotatable bonds is 2. The van der Waals surface area contributed by atoms with Crippen molar-refractivity contribution < 1.29 is 4.79 Å². The number of thiophene rings is 1. The lowest BCUT2D eigenvalue weighted by atomic mass is 9.87. The predicted octanol–water partition coefficient (Wildman–Crippen LogP) is 3.20. The average Bonchev–Trinajstić information content (AvgIpc) is 2.58. The van der Waals surface area contributed by atoms with Crippen molar-refractivity contribution >= 4 is 22.2 Å². The first-order valence-corrected chi connectivity index (χ1v) is 8.27.